The summed E-state index contributed by atoms with van der Waals surface area (Å²) >= 11 is 0. The van der Waals surface area contributed by atoms with E-state index in [1.807, 2.05) is 19.2 Å². The second-order valence-corrected chi connectivity index (χ2v) is 5.25. The van der Waals surface area contributed by atoms with Gasteiger partial charge in [0.25, 0.3) is 0 Å². The zero-order valence-electron chi connectivity index (χ0n) is 10.9. The summed E-state index contributed by atoms with van der Waals surface area (Å²) in [6.07, 6.45) is 5.89. The highest BCUT2D eigenvalue weighted by Gasteiger charge is 2.14. The number of nitrogens with zero attached hydrogens (tertiary/aromatic N) is 2. The van der Waals surface area contributed by atoms with Crippen molar-refractivity contribution in [1.29, 1.82) is 0 Å². The number of rotatable bonds is 2. The molecule has 2 heterocycles. The Morgan fingerprint density at radius 2 is 2.18 bits per heavy atom. The van der Waals surface area contributed by atoms with Crippen LogP contribution in [-0.4, -0.2) is 18.1 Å². The van der Waals surface area contributed by atoms with E-state index in [1.54, 1.807) is 0 Å². The van der Waals surface area contributed by atoms with E-state index in [2.05, 4.69) is 22.9 Å². The Labute approximate surface area is 104 Å². The first-order valence-corrected chi connectivity index (χ1v) is 6.63. The fourth-order valence-corrected chi connectivity index (χ4v) is 2.38. The maximum atomic E-state index is 5.81. The Morgan fingerprint density at radius 1 is 1.35 bits per heavy atom. The predicted octanol–water partition coefficient (Wildman–Crippen LogP) is 2.73. The molecule has 1 aliphatic heterocycles. The summed E-state index contributed by atoms with van der Waals surface area (Å²) in [4.78, 5) is 6.88. The Hall–Kier alpha value is -1.09. The van der Waals surface area contributed by atoms with E-state index in [9.17, 15) is 0 Å². The number of pyridine rings is 1. The molecule has 17 heavy (non-hydrogen) atoms. The Kier molecular flexibility index (Phi) is 4.00. The summed E-state index contributed by atoms with van der Waals surface area (Å²) in [5, 5.41) is 0. The lowest BCUT2D eigenvalue weighted by atomic mass is 10.0. The van der Waals surface area contributed by atoms with E-state index in [4.69, 9.17) is 5.73 Å². The minimum Gasteiger partial charge on any atom is -0.370 e. The molecule has 0 aliphatic carbocycles. The van der Waals surface area contributed by atoms with Gasteiger partial charge in [0.05, 0.1) is 17.6 Å². The Balaban J connectivity index is 2.06. The highest BCUT2D eigenvalue weighted by Crippen LogP contribution is 2.22. The van der Waals surface area contributed by atoms with E-state index in [0.717, 1.165) is 24.7 Å². The van der Waals surface area contributed by atoms with Crippen molar-refractivity contribution in [1.82, 2.24) is 4.98 Å². The standard InChI is InChI=1S/C14H23N3/c1-11-4-3-8-17(9-7-11)13-5-6-14(12(2)15)16-10-13/h5-6,10-12H,3-4,7-9,15H2,1-2H3/t11?,12-/m0/s1. The van der Waals surface area contributed by atoms with Crippen LogP contribution >= 0.6 is 0 Å². The van der Waals surface area contributed by atoms with E-state index in [0.29, 0.717) is 0 Å². The third kappa shape index (κ3) is 3.19. The van der Waals surface area contributed by atoms with Crippen molar-refractivity contribution < 1.29 is 0 Å². The van der Waals surface area contributed by atoms with Crippen LogP contribution in [-0.2, 0) is 0 Å². The highest BCUT2D eigenvalue weighted by atomic mass is 15.1. The molecule has 0 radical (unpaired) electrons. The molecule has 0 bridgehead atoms. The SMILES string of the molecule is CC1CCCN(c2ccc([C@H](C)N)nc2)CC1. The number of hydrogen-bond donors (Lipinski definition) is 1. The van der Waals surface area contributed by atoms with Gasteiger partial charge in [-0.25, -0.2) is 0 Å². The van der Waals surface area contributed by atoms with Crippen molar-refractivity contribution in [3.05, 3.63) is 24.0 Å². The van der Waals surface area contributed by atoms with Crippen LogP contribution in [0, 0.1) is 5.92 Å². The average Bonchev–Trinajstić information content (AvgIpc) is 2.54. The third-order valence-corrected chi connectivity index (χ3v) is 3.62. The first-order chi connectivity index (χ1) is 8.16. The molecule has 94 valence electrons. The van der Waals surface area contributed by atoms with Crippen LogP contribution in [0.2, 0.25) is 0 Å². The number of anilines is 1. The van der Waals surface area contributed by atoms with Gasteiger partial charge >= 0.3 is 0 Å². The molecule has 2 rings (SSSR count). The zero-order chi connectivity index (χ0) is 12.3. The maximum absolute atomic E-state index is 5.81. The van der Waals surface area contributed by atoms with Crippen molar-refractivity contribution in [3.8, 4) is 0 Å². The molecular formula is C14H23N3. The van der Waals surface area contributed by atoms with Crippen LogP contribution in [0.3, 0.4) is 0 Å². The van der Waals surface area contributed by atoms with Crippen molar-refractivity contribution >= 4 is 5.69 Å². The van der Waals surface area contributed by atoms with E-state index >= 15 is 0 Å². The molecule has 0 aromatic carbocycles. The quantitative estimate of drug-likeness (QED) is 0.854. The molecule has 1 unspecified atom stereocenters. The van der Waals surface area contributed by atoms with Gasteiger partial charge in [0.1, 0.15) is 0 Å². The van der Waals surface area contributed by atoms with Gasteiger partial charge in [0, 0.05) is 19.1 Å². The van der Waals surface area contributed by atoms with Crippen LogP contribution in [0.5, 0.6) is 0 Å². The van der Waals surface area contributed by atoms with Crippen LogP contribution in [0.25, 0.3) is 0 Å². The first-order valence-electron chi connectivity index (χ1n) is 6.63. The second kappa shape index (κ2) is 5.50. The topological polar surface area (TPSA) is 42.1 Å². The molecule has 2 N–H and O–H groups in total. The third-order valence-electron chi connectivity index (χ3n) is 3.62. The van der Waals surface area contributed by atoms with Gasteiger partial charge in [0.15, 0.2) is 0 Å². The lowest BCUT2D eigenvalue weighted by Gasteiger charge is -2.22. The highest BCUT2D eigenvalue weighted by molar-refractivity contribution is 5.44. The van der Waals surface area contributed by atoms with Crippen molar-refractivity contribution in [2.75, 3.05) is 18.0 Å². The molecule has 3 nitrogen and oxygen atoms in total. The minimum absolute atomic E-state index is 0.0215. The minimum atomic E-state index is 0.0215. The molecule has 1 aromatic heterocycles. The Morgan fingerprint density at radius 3 is 2.82 bits per heavy atom. The summed E-state index contributed by atoms with van der Waals surface area (Å²) in [6, 6.07) is 4.23. The van der Waals surface area contributed by atoms with Crippen LogP contribution in [0.1, 0.15) is 44.8 Å². The van der Waals surface area contributed by atoms with Gasteiger partial charge in [0.2, 0.25) is 0 Å². The molecule has 3 heteroatoms. The number of aromatic nitrogens is 1. The average molecular weight is 233 g/mol. The van der Waals surface area contributed by atoms with Gasteiger partial charge in [-0.1, -0.05) is 6.92 Å². The molecule has 1 aromatic rings. The van der Waals surface area contributed by atoms with Gasteiger partial charge in [-0.3, -0.25) is 4.98 Å². The summed E-state index contributed by atoms with van der Waals surface area (Å²) < 4.78 is 0. The largest absolute Gasteiger partial charge is 0.370 e. The smallest absolute Gasteiger partial charge is 0.0569 e. The monoisotopic (exact) mass is 233 g/mol. The predicted molar refractivity (Wildman–Crippen MR) is 72.1 cm³/mol. The maximum Gasteiger partial charge on any atom is 0.0569 e. The van der Waals surface area contributed by atoms with Crippen molar-refractivity contribution in [3.63, 3.8) is 0 Å². The van der Waals surface area contributed by atoms with E-state index < -0.39 is 0 Å². The van der Waals surface area contributed by atoms with Crippen LogP contribution in [0.15, 0.2) is 18.3 Å². The van der Waals surface area contributed by atoms with Crippen LogP contribution in [0.4, 0.5) is 5.69 Å². The number of nitrogens with two attached hydrogens (primary N) is 1. The Bertz CT molecular complexity index is 345. The molecule has 0 saturated carbocycles. The summed E-state index contributed by atoms with van der Waals surface area (Å²) in [5.41, 5.74) is 8.02. The number of hydrogen-bond acceptors (Lipinski definition) is 3. The first kappa shape index (κ1) is 12.4. The van der Waals surface area contributed by atoms with Crippen molar-refractivity contribution in [2.24, 2.45) is 11.7 Å². The van der Waals surface area contributed by atoms with Gasteiger partial charge in [-0.15, -0.1) is 0 Å². The van der Waals surface area contributed by atoms with Crippen molar-refractivity contribution in [2.45, 2.75) is 39.2 Å². The molecular weight excluding hydrogens is 210 g/mol. The molecule has 2 atom stereocenters. The molecule has 0 spiro atoms. The molecule has 0 amide bonds. The van der Waals surface area contributed by atoms with Gasteiger partial charge < -0.3 is 10.6 Å². The molecule has 1 aliphatic rings. The fourth-order valence-electron chi connectivity index (χ4n) is 2.38. The summed E-state index contributed by atoms with van der Waals surface area (Å²) in [5.74, 6) is 0.858. The normalized spacial score (nSPS) is 23.2. The molecule has 1 fully saturated rings. The summed E-state index contributed by atoms with van der Waals surface area (Å²) in [7, 11) is 0. The fraction of sp³-hybridized carbons (Fsp3) is 0.643. The van der Waals surface area contributed by atoms with E-state index in [-0.39, 0.29) is 6.04 Å². The second-order valence-electron chi connectivity index (χ2n) is 5.25. The van der Waals surface area contributed by atoms with E-state index in [1.165, 1.54) is 24.9 Å². The van der Waals surface area contributed by atoms with Gasteiger partial charge in [-0.2, -0.15) is 0 Å². The molecule has 1 saturated heterocycles. The van der Waals surface area contributed by atoms with Crippen LogP contribution < -0.4 is 10.6 Å². The lowest BCUT2D eigenvalue weighted by molar-refractivity contribution is 0.521. The zero-order valence-corrected chi connectivity index (χ0v) is 10.9. The van der Waals surface area contributed by atoms with Gasteiger partial charge in [-0.05, 0) is 44.2 Å². The lowest BCUT2D eigenvalue weighted by Crippen LogP contribution is -2.24. The summed E-state index contributed by atoms with van der Waals surface area (Å²) in [6.45, 7) is 6.63.